The fourth-order valence-corrected chi connectivity index (χ4v) is 2.58. The number of carbonyl (C=O) groups excluding carboxylic acids is 1. The van der Waals surface area contributed by atoms with Gasteiger partial charge >= 0.3 is 0 Å². The highest BCUT2D eigenvalue weighted by Gasteiger charge is 2.06. The summed E-state index contributed by atoms with van der Waals surface area (Å²) in [6.45, 7) is 7.97. The van der Waals surface area contributed by atoms with Gasteiger partial charge in [0, 0.05) is 10.4 Å². The Morgan fingerprint density at radius 3 is 2.45 bits per heavy atom. The molecule has 1 amide bonds. The molecule has 0 fully saturated rings. The maximum atomic E-state index is 12.0. The van der Waals surface area contributed by atoms with Crippen molar-refractivity contribution in [2.75, 3.05) is 0 Å². The summed E-state index contributed by atoms with van der Waals surface area (Å²) in [5.74, 6) is -0.180. The topological polar surface area (TPSA) is 41.5 Å². The standard InChI is InChI=1S/C16H18N2OS/c1-10-5-7-14(9-11(10)2)16(19)18-17-13(4)15-8-6-12(3)20-15/h5-9H,1-4H3,(H,18,19)/b17-13+. The van der Waals surface area contributed by atoms with Crippen molar-refractivity contribution >= 4 is 23.0 Å². The fraction of sp³-hybridized carbons (Fsp3) is 0.250. The zero-order chi connectivity index (χ0) is 14.7. The molecule has 104 valence electrons. The minimum Gasteiger partial charge on any atom is -0.267 e. The van der Waals surface area contributed by atoms with E-state index in [0.717, 1.165) is 16.2 Å². The van der Waals surface area contributed by atoms with Gasteiger partial charge in [-0.3, -0.25) is 4.79 Å². The predicted octanol–water partition coefficient (Wildman–Crippen LogP) is 3.83. The molecule has 4 heteroatoms. The van der Waals surface area contributed by atoms with Crippen LogP contribution in [0.15, 0.2) is 35.4 Å². The Morgan fingerprint density at radius 1 is 1.10 bits per heavy atom. The van der Waals surface area contributed by atoms with Crippen LogP contribution in [-0.4, -0.2) is 11.6 Å². The van der Waals surface area contributed by atoms with E-state index in [2.05, 4.69) is 17.5 Å². The molecule has 0 saturated heterocycles. The highest BCUT2D eigenvalue weighted by atomic mass is 32.1. The minimum absolute atomic E-state index is 0.180. The van der Waals surface area contributed by atoms with Crippen LogP contribution in [0.1, 0.15) is 38.2 Å². The Bertz CT molecular complexity index is 671. The largest absolute Gasteiger partial charge is 0.271 e. The summed E-state index contributed by atoms with van der Waals surface area (Å²) in [7, 11) is 0. The van der Waals surface area contributed by atoms with Crippen LogP contribution < -0.4 is 5.43 Å². The quantitative estimate of drug-likeness (QED) is 0.676. The summed E-state index contributed by atoms with van der Waals surface area (Å²) in [5, 5.41) is 4.16. The van der Waals surface area contributed by atoms with Crippen LogP contribution in [0, 0.1) is 20.8 Å². The lowest BCUT2D eigenvalue weighted by molar-refractivity contribution is 0.0955. The van der Waals surface area contributed by atoms with Crippen molar-refractivity contribution < 1.29 is 4.79 Å². The molecule has 1 heterocycles. The molecule has 0 atom stereocenters. The lowest BCUT2D eigenvalue weighted by Gasteiger charge is -2.04. The third-order valence-electron chi connectivity index (χ3n) is 3.19. The molecule has 2 rings (SSSR count). The van der Waals surface area contributed by atoms with Crippen LogP contribution in [0.2, 0.25) is 0 Å². The monoisotopic (exact) mass is 286 g/mol. The van der Waals surface area contributed by atoms with Crippen molar-refractivity contribution in [3.05, 3.63) is 56.8 Å². The molecule has 0 aliphatic rings. The number of hydrogen-bond donors (Lipinski definition) is 1. The van der Waals surface area contributed by atoms with Gasteiger partial charge in [0.1, 0.15) is 0 Å². The van der Waals surface area contributed by atoms with E-state index in [0.29, 0.717) is 5.56 Å². The highest BCUT2D eigenvalue weighted by molar-refractivity contribution is 7.14. The first-order chi connectivity index (χ1) is 9.47. The molecule has 0 unspecified atom stereocenters. The van der Waals surface area contributed by atoms with Gasteiger partial charge in [-0.1, -0.05) is 6.07 Å². The SMILES string of the molecule is C/C(=N\NC(=O)c1ccc(C)c(C)c1)c1ccc(C)s1. The summed E-state index contributed by atoms with van der Waals surface area (Å²) in [6.07, 6.45) is 0. The van der Waals surface area contributed by atoms with E-state index in [1.54, 1.807) is 11.3 Å². The summed E-state index contributed by atoms with van der Waals surface area (Å²) in [5.41, 5.74) is 6.34. The average molecular weight is 286 g/mol. The number of nitrogens with zero attached hydrogens (tertiary/aromatic N) is 1. The molecule has 0 spiro atoms. The first-order valence-corrected chi connectivity index (χ1v) is 7.27. The van der Waals surface area contributed by atoms with Crippen molar-refractivity contribution in [1.82, 2.24) is 5.43 Å². The number of hydrazone groups is 1. The summed E-state index contributed by atoms with van der Waals surface area (Å²) in [4.78, 5) is 14.3. The van der Waals surface area contributed by atoms with Crippen molar-refractivity contribution in [2.45, 2.75) is 27.7 Å². The third kappa shape index (κ3) is 3.33. The van der Waals surface area contributed by atoms with Crippen LogP contribution in [0.3, 0.4) is 0 Å². The zero-order valence-electron chi connectivity index (χ0n) is 12.2. The Labute approximate surface area is 123 Å². The van der Waals surface area contributed by atoms with Crippen LogP contribution >= 0.6 is 11.3 Å². The average Bonchev–Trinajstić information content (AvgIpc) is 2.85. The second-order valence-corrected chi connectivity index (χ2v) is 6.14. The van der Waals surface area contributed by atoms with Crippen molar-refractivity contribution in [3.63, 3.8) is 0 Å². The second kappa shape index (κ2) is 6.01. The Hall–Kier alpha value is -1.94. The lowest BCUT2D eigenvalue weighted by atomic mass is 10.1. The molecule has 3 nitrogen and oxygen atoms in total. The van der Waals surface area contributed by atoms with Gasteiger partial charge in [0.2, 0.25) is 0 Å². The van der Waals surface area contributed by atoms with Gasteiger partial charge in [-0.15, -0.1) is 11.3 Å². The Morgan fingerprint density at radius 2 is 1.85 bits per heavy atom. The normalized spacial score (nSPS) is 11.5. The molecule has 2 aromatic rings. The lowest BCUT2D eigenvalue weighted by Crippen LogP contribution is -2.19. The highest BCUT2D eigenvalue weighted by Crippen LogP contribution is 2.15. The van der Waals surface area contributed by atoms with Crippen LogP contribution in [0.5, 0.6) is 0 Å². The number of aryl methyl sites for hydroxylation is 3. The Kier molecular flexibility index (Phi) is 4.35. The van der Waals surface area contributed by atoms with Gasteiger partial charge in [-0.25, -0.2) is 5.43 Å². The summed E-state index contributed by atoms with van der Waals surface area (Å²) >= 11 is 1.67. The molecule has 0 bridgehead atoms. The van der Waals surface area contributed by atoms with Gasteiger partial charge in [0.25, 0.3) is 5.91 Å². The molecule has 1 N–H and O–H groups in total. The van der Waals surface area contributed by atoms with E-state index < -0.39 is 0 Å². The molecule has 1 aromatic heterocycles. The minimum atomic E-state index is -0.180. The van der Waals surface area contributed by atoms with E-state index in [1.165, 1.54) is 10.4 Å². The molecule has 20 heavy (non-hydrogen) atoms. The summed E-state index contributed by atoms with van der Waals surface area (Å²) in [6, 6.07) is 9.71. The maximum Gasteiger partial charge on any atom is 0.271 e. The van der Waals surface area contributed by atoms with Crippen LogP contribution in [0.25, 0.3) is 0 Å². The fourth-order valence-electron chi connectivity index (χ4n) is 1.77. The molecular formula is C16H18N2OS. The van der Waals surface area contributed by atoms with E-state index in [4.69, 9.17) is 0 Å². The van der Waals surface area contributed by atoms with Gasteiger partial charge in [0.05, 0.1) is 10.6 Å². The molecule has 0 saturated carbocycles. The van der Waals surface area contributed by atoms with Crippen molar-refractivity contribution in [2.24, 2.45) is 5.10 Å². The molecule has 0 aliphatic carbocycles. The number of amides is 1. The number of hydrogen-bond acceptors (Lipinski definition) is 3. The predicted molar refractivity (Wildman–Crippen MR) is 84.6 cm³/mol. The van der Waals surface area contributed by atoms with Gasteiger partial charge in [-0.2, -0.15) is 5.10 Å². The van der Waals surface area contributed by atoms with Crippen molar-refractivity contribution in [1.29, 1.82) is 0 Å². The number of carbonyl (C=O) groups is 1. The smallest absolute Gasteiger partial charge is 0.267 e. The van der Waals surface area contributed by atoms with Gasteiger partial charge < -0.3 is 0 Å². The van der Waals surface area contributed by atoms with Crippen molar-refractivity contribution in [3.8, 4) is 0 Å². The van der Waals surface area contributed by atoms with E-state index in [9.17, 15) is 4.79 Å². The number of benzene rings is 1. The Balaban J connectivity index is 2.09. The first kappa shape index (κ1) is 14.5. The zero-order valence-corrected chi connectivity index (χ0v) is 13.0. The first-order valence-electron chi connectivity index (χ1n) is 6.46. The number of thiophene rings is 1. The molecule has 0 radical (unpaired) electrons. The van der Waals surface area contributed by atoms with E-state index in [1.807, 2.05) is 51.1 Å². The van der Waals surface area contributed by atoms with E-state index >= 15 is 0 Å². The molecule has 1 aromatic carbocycles. The number of rotatable bonds is 3. The van der Waals surface area contributed by atoms with Gasteiger partial charge in [0.15, 0.2) is 0 Å². The van der Waals surface area contributed by atoms with Crippen LogP contribution in [0.4, 0.5) is 0 Å². The van der Waals surface area contributed by atoms with Gasteiger partial charge in [-0.05, 0) is 63.1 Å². The molecule has 0 aliphatic heterocycles. The second-order valence-electron chi connectivity index (χ2n) is 4.85. The summed E-state index contributed by atoms with van der Waals surface area (Å²) < 4.78 is 0. The van der Waals surface area contributed by atoms with E-state index in [-0.39, 0.29) is 5.91 Å². The van der Waals surface area contributed by atoms with Crippen LogP contribution in [-0.2, 0) is 0 Å². The maximum absolute atomic E-state index is 12.0. The molecular weight excluding hydrogens is 268 g/mol. The number of nitrogens with one attached hydrogen (secondary N) is 1. The third-order valence-corrected chi connectivity index (χ3v) is 4.30.